The minimum atomic E-state index is -0.928. The highest BCUT2D eigenvalue weighted by Gasteiger charge is 2.04. The Balaban J connectivity index is 2.83. The summed E-state index contributed by atoms with van der Waals surface area (Å²) in [6, 6.07) is 6.69. The van der Waals surface area contributed by atoms with E-state index in [1.54, 1.807) is 18.2 Å². The molecule has 74 valence electrons. The largest absolute Gasteiger partial charge is 0.478 e. The number of aromatic carboxylic acids is 1. The van der Waals surface area contributed by atoms with Crippen molar-refractivity contribution in [1.29, 1.82) is 5.41 Å². The van der Waals surface area contributed by atoms with E-state index in [1.165, 1.54) is 11.8 Å². The second-order valence-electron chi connectivity index (χ2n) is 2.81. The van der Waals surface area contributed by atoms with Crippen LogP contribution in [0.1, 0.15) is 15.9 Å². The van der Waals surface area contributed by atoms with Gasteiger partial charge in [-0.3, -0.25) is 5.41 Å². The van der Waals surface area contributed by atoms with Gasteiger partial charge in [-0.05, 0) is 24.0 Å². The zero-order valence-corrected chi connectivity index (χ0v) is 8.60. The van der Waals surface area contributed by atoms with E-state index >= 15 is 0 Å². The molecule has 14 heavy (non-hydrogen) atoms. The van der Waals surface area contributed by atoms with Crippen LogP contribution in [0.5, 0.6) is 0 Å². The lowest BCUT2D eigenvalue weighted by molar-refractivity contribution is 0.0697. The van der Waals surface area contributed by atoms with Crippen molar-refractivity contribution in [2.75, 3.05) is 6.26 Å². The van der Waals surface area contributed by atoms with Gasteiger partial charge in [0, 0.05) is 6.42 Å². The van der Waals surface area contributed by atoms with Crippen molar-refractivity contribution in [3.05, 3.63) is 35.4 Å². The van der Waals surface area contributed by atoms with Crippen molar-refractivity contribution in [1.82, 2.24) is 0 Å². The third-order valence-electron chi connectivity index (χ3n) is 1.79. The summed E-state index contributed by atoms with van der Waals surface area (Å²) >= 11 is 1.37. The van der Waals surface area contributed by atoms with E-state index in [2.05, 4.69) is 0 Å². The molecule has 0 unspecified atom stereocenters. The Hall–Kier alpha value is -1.29. The molecule has 1 aromatic carbocycles. The maximum absolute atomic E-state index is 10.6. The number of hydrogen-bond acceptors (Lipinski definition) is 3. The van der Waals surface area contributed by atoms with Crippen LogP contribution in [-0.2, 0) is 6.42 Å². The summed E-state index contributed by atoms with van der Waals surface area (Å²) in [4.78, 5) is 10.6. The quantitative estimate of drug-likeness (QED) is 0.593. The molecule has 0 saturated heterocycles. The standard InChI is InChI=1S/C10H11NO2S/c1-14-9(11)6-7-3-2-4-8(5-7)10(12)13/h2-5,11H,6H2,1H3,(H,12,13). The average Bonchev–Trinajstić information content (AvgIpc) is 2.18. The van der Waals surface area contributed by atoms with Gasteiger partial charge in [-0.15, -0.1) is 11.8 Å². The predicted octanol–water partition coefficient (Wildman–Crippen LogP) is 2.27. The van der Waals surface area contributed by atoms with Crippen molar-refractivity contribution in [3.63, 3.8) is 0 Å². The summed E-state index contributed by atoms with van der Waals surface area (Å²) in [5, 5.41) is 16.7. The molecule has 0 fully saturated rings. The van der Waals surface area contributed by atoms with Gasteiger partial charge in [-0.1, -0.05) is 12.1 Å². The highest BCUT2D eigenvalue weighted by Crippen LogP contribution is 2.09. The van der Waals surface area contributed by atoms with Crippen LogP contribution < -0.4 is 0 Å². The lowest BCUT2D eigenvalue weighted by atomic mass is 10.1. The Morgan fingerprint density at radius 1 is 1.57 bits per heavy atom. The predicted molar refractivity (Wildman–Crippen MR) is 58.3 cm³/mol. The first-order valence-corrected chi connectivity index (χ1v) is 5.29. The molecule has 1 rings (SSSR count). The molecule has 0 atom stereocenters. The molecule has 0 aliphatic heterocycles. The Morgan fingerprint density at radius 2 is 2.29 bits per heavy atom. The van der Waals surface area contributed by atoms with Gasteiger partial charge in [0.25, 0.3) is 0 Å². The number of benzene rings is 1. The van der Waals surface area contributed by atoms with E-state index in [-0.39, 0.29) is 5.56 Å². The number of carboxylic acids is 1. The smallest absolute Gasteiger partial charge is 0.335 e. The van der Waals surface area contributed by atoms with E-state index in [0.717, 1.165) is 5.56 Å². The zero-order chi connectivity index (χ0) is 10.6. The number of hydrogen-bond donors (Lipinski definition) is 2. The molecule has 0 radical (unpaired) electrons. The van der Waals surface area contributed by atoms with Crippen LogP contribution in [0.4, 0.5) is 0 Å². The number of nitrogens with one attached hydrogen (secondary N) is 1. The van der Waals surface area contributed by atoms with Gasteiger partial charge in [-0.2, -0.15) is 0 Å². The van der Waals surface area contributed by atoms with Crippen molar-refractivity contribution in [2.24, 2.45) is 0 Å². The summed E-state index contributed by atoms with van der Waals surface area (Å²) in [5.41, 5.74) is 1.14. The van der Waals surface area contributed by atoms with Crippen LogP contribution in [0.2, 0.25) is 0 Å². The Labute approximate surface area is 86.7 Å². The lowest BCUT2D eigenvalue weighted by Crippen LogP contribution is -2.00. The molecule has 1 aromatic rings. The average molecular weight is 209 g/mol. The molecule has 0 amide bonds. The first kappa shape index (κ1) is 10.8. The molecule has 0 heterocycles. The van der Waals surface area contributed by atoms with Gasteiger partial charge in [-0.25, -0.2) is 4.79 Å². The minimum absolute atomic E-state index is 0.274. The van der Waals surface area contributed by atoms with Crippen LogP contribution in [0.15, 0.2) is 24.3 Å². The molecule has 0 spiro atoms. The first-order chi connectivity index (χ1) is 6.63. The van der Waals surface area contributed by atoms with Gasteiger partial charge in [0.2, 0.25) is 0 Å². The maximum Gasteiger partial charge on any atom is 0.335 e. The van der Waals surface area contributed by atoms with Gasteiger partial charge < -0.3 is 5.11 Å². The minimum Gasteiger partial charge on any atom is -0.478 e. The number of thioether (sulfide) groups is 1. The van der Waals surface area contributed by atoms with Gasteiger partial charge in [0.05, 0.1) is 10.6 Å². The number of carboxylic acid groups (broad SMARTS) is 1. The van der Waals surface area contributed by atoms with Crippen LogP contribution in [0.25, 0.3) is 0 Å². The molecular weight excluding hydrogens is 198 g/mol. The van der Waals surface area contributed by atoms with Crippen LogP contribution in [0.3, 0.4) is 0 Å². The summed E-state index contributed by atoms with van der Waals surface area (Å²) < 4.78 is 0. The zero-order valence-electron chi connectivity index (χ0n) is 7.78. The molecule has 0 saturated carbocycles. The van der Waals surface area contributed by atoms with E-state index in [9.17, 15) is 4.79 Å². The highest BCUT2D eigenvalue weighted by molar-refractivity contribution is 8.13. The molecule has 2 N–H and O–H groups in total. The molecule has 0 aliphatic carbocycles. The molecule has 0 aromatic heterocycles. The molecule has 4 heteroatoms. The Bertz CT molecular complexity index is 363. The summed E-state index contributed by atoms with van der Waals surface area (Å²) in [7, 11) is 0. The molecular formula is C10H11NO2S. The summed E-state index contributed by atoms with van der Waals surface area (Å²) in [6.07, 6.45) is 2.34. The van der Waals surface area contributed by atoms with Crippen molar-refractivity contribution in [3.8, 4) is 0 Å². The fourth-order valence-corrected chi connectivity index (χ4v) is 1.38. The summed E-state index contributed by atoms with van der Waals surface area (Å²) in [5.74, 6) is -0.928. The Morgan fingerprint density at radius 3 is 2.86 bits per heavy atom. The van der Waals surface area contributed by atoms with E-state index < -0.39 is 5.97 Å². The van der Waals surface area contributed by atoms with Gasteiger partial charge in [0.1, 0.15) is 0 Å². The lowest BCUT2D eigenvalue weighted by Gasteiger charge is -2.01. The van der Waals surface area contributed by atoms with Crippen molar-refractivity contribution < 1.29 is 9.90 Å². The molecule has 0 aliphatic rings. The van der Waals surface area contributed by atoms with Crippen molar-refractivity contribution >= 4 is 22.8 Å². The van der Waals surface area contributed by atoms with E-state index in [0.29, 0.717) is 11.5 Å². The number of rotatable bonds is 3. The second-order valence-corrected chi connectivity index (χ2v) is 3.71. The first-order valence-electron chi connectivity index (χ1n) is 4.07. The maximum atomic E-state index is 10.6. The third-order valence-corrected chi connectivity index (χ3v) is 2.42. The fraction of sp³-hybridized carbons (Fsp3) is 0.200. The summed E-state index contributed by atoms with van der Waals surface area (Å²) in [6.45, 7) is 0. The Kier molecular flexibility index (Phi) is 3.71. The van der Waals surface area contributed by atoms with Crippen molar-refractivity contribution in [2.45, 2.75) is 6.42 Å². The van der Waals surface area contributed by atoms with Crippen LogP contribution >= 0.6 is 11.8 Å². The highest BCUT2D eigenvalue weighted by atomic mass is 32.2. The van der Waals surface area contributed by atoms with Crippen LogP contribution in [0, 0.1) is 5.41 Å². The SMILES string of the molecule is CSC(=N)Cc1cccc(C(=O)O)c1. The molecule has 0 bridgehead atoms. The van der Waals surface area contributed by atoms with Gasteiger partial charge in [0.15, 0.2) is 0 Å². The van der Waals surface area contributed by atoms with E-state index in [4.69, 9.17) is 10.5 Å². The monoisotopic (exact) mass is 209 g/mol. The number of carbonyl (C=O) groups is 1. The van der Waals surface area contributed by atoms with Gasteiger partial charge >= 0.3 is 5.97 Å². The van der Waals surface area contributed by atoms with Crippen LogP contribution in [-0.4, -0.2) is 22.4 Å². The topological polar surface area (TPSA) is 61.2 Å². The fourth-order valence-electron chi connectivity index (χ4n) is 1.07. The van der Waals surface area contributed by atoms with E-state index in [1.807, 2.05) is 12.3 Å². The molecule has 3 nitrogen and oxygen atoms in total. The third kappa shape index (κ3) is 2.88. The second kappa shape index (κ2) is 4.81. The normalized spacial score (nSPS) is 9.79.